The van der Waals surface area contributed by atoms with Crippen LogP contribution in [0.5, 0.6) is 0 Å². The number of carbonyl (C=O) groups excluding carboxylic acids is 1. The zero-order valence-corrected chi connectivity index (χ0v) is 14.4. The highest BCUT2D eigenvalue weighted by molar-refractivity contribution is 5.97. The number of hydrogen-bond donors (Lipinski definition) is 2. The van der Waals surface area contributed by atoms with Crippen LogP contribution in [0.2, 0.25) is 0 Å². The number of fused-ring (bicyclic) bond motifs is 1. The summed E-state index contributed by atoms with van der Waals surface area (Å²) in [6.07, 6.45) is 1.89. The summed E-state index contributed by atoms with van der Waals surface area (Å²) in [5.41, 5.74) is 7.00. The number of carbonyl (C=O) groups is 1. The van der Waals surface area contributed by atoms with Crippen molar-refractivity contribution < 1.29 is 9.90 Å². The van der Waals surface area contributed by atoms with Crippen molar-refractivity contribution in [3.8, 4) is 0 Å². The van der Waals surface area contributed by atoms with E-state index in [-0.39, 0.29) is 5.92 Å². The van der Waals surface area contributed by atoms with Crippen LogP contribution < -0.4 is 10.6 Å². The van der Waals surface area contributed by atoms with E-state index < -0.39 is 12.0 Å². The number of β-amino-alcohol motifs (C(OH)–C–C–N with tert-alkyl or cyclic N) is 1. The van der Waals surface area contributed by atoms with Gasteiger partial charge in [-0.05, 0) is 34.9 Å². The summed E-state index contributed by atoms with van der Waals surface area (Å²) in [7, 11) is 0. The van der Waals surface area contributed by atoms with Crippen LogP contribution in [0.15, 0.2) is 60.8 Å². The fraction of sp³-hybridized carbons (Fsp3) is 0.238. The van der Waals surface area contributed by atoms with E-state index in [0.29, 0.717) is 24.5 Å². The molecule has 132 valence electrons. The number of aromatic nitrogens is 1. The number of rotatable bonds is 3. The number of pyridine rings is 1. The summed E-state index contributed by atoms with van der Waals surface area (Å²) in [6, 6.07) is 18.0. The number of aliphatic hydroxyl groups is 1. The predicted octanol–water partition coefficient (Wildman–Crippen LogP) is 2.69. The van der Waals surface area contributed by atoms with E-state index in [0.717, 1.165) is 12.0 Å². The number of primary amides is 1. The second-order valence-corrected chi connectivity index (χ2v) is 6.75. The molecule has 2 heterocycles. The van der Waals surface area contributed by atoms with Gasteiger partial charge in [-0.15, -0.1) is 0 Å². The molecule has 2 aromatic carbocycles. The maximum Gasteiger partial charge on any atom is 0.252 e. The van der Waals surface area contributed by atoms with E-state index in [1.165, 1.54) is 10.8 Å². The van der Waals surface area contributed by atoms with E-state index in [1.807, 2.05) is 17.0 Å². The van der Waals surface area contributed by atoms with Gasteiger partial charge in [-0.3, -0.25) is 4.79 Å². The average molecular weight is 347 g/mol. The van der Waals surface area contributed by atoms with Gasteiger partial charge in [0.15, 0.2) is 0 Å². The lowest BCUT2D eigenvalue weighted by Gasteiger charge is -2.37. The number of piperidine rings is 1. The molecule has 2 atom stereocenters. The summed E-state index contributed by atoms with van der Waals surface area (Å²) >= 11 is 0. The first kappa shape index (κ1) is 16.5. The average Bonchev–Trinajstić information content (AvgIpc) is 2.67. The van der Waals surface area contributed by atoms with E-state index in [4.69, 9.17) is 5.73 Å². The molecule has 1 aliphatic heterocycles. The molecule has 0 aliphatic carbocycles. The lowest BCUT2D eigenvalue weighted by Crippen LogP contribution is -2.44. The Bertz CT molecular complexity index is 957. The van der Waals surface area contributed by atoms with Crippen molar-refractivity contribution in [2.45, 2.75) is 18.4 Å². The van der Waals surface area contributed by atoms with Crippen molar-refractivity contribution >= 4 is 22.5 Å². The van der Waals surface area contributed by atoms with Gasteiger partial charge in [0.2, 0.25) is 0 Å². The summed E-state index contributed by atoms with van der Waals surface area (Å²) in [5.74, 6) is 0.117. The van der Waals surface area contributed by atoms with Crippen LogP contribution >= 0.6 is 0 Å². The molecular formula is C21H21N3O2. The van der Waals surface area contributed by atoms with Crippen molar-refractivity contribution in [3.05, 3.63) is 71.9 Å². The molecule has 5 heteroatoms. The van der Waals surface area contributed by atoms with Gasteiger partial charge in [0.25, 0.3) is 5.91 Å². The zero-order valence-electron chi connectivity index (χ0n) is 14.4. The number of nitrogens with two attached hydrogens (primary N) is 1. The molecule has 0 radical (unpaired) electrons. The second kappa shape index (κ2) is 6.77. The van der Waals surface area contributed by atoms with Gasteiger partial charge in [-0.1, -0.05) is 42.5 Å². The minimum Gasteiger partial charge on any atom is -0.391 e. The lowest BCUT2D eigenvalue weighted by molar-refractivity contribution is 0.0998. The molecule has 5 nitrogen and oxygen atoms in total. The molecule has 1 aromatic heterocycles. The highest BCUT2D eigenvalue weighted by Gasteiger charge is 2.31. The van der Waals surface area contributed by atoms with Crippen LogP contribution in [0.4, 0.5) is 5.82 Å². The van der Waals surface area contributed by atoms with E-state index in [9.17, 15) is 9.90 Å². The molecule has 0 unspecified atom stereocenters. The number of nitrogens with zero attached hydrogens (tertiary/aromatic N) is 2. The van der Waals surface area contributed by atoms with Crippen molar-refractivity contribution in [3.63, 3.8) is 0 Å². The van der Waals surface area contributed by atoms with Crippen LogP contribution in [0.1, 0.15) is 28.3 Å². The molecule has 1 amide bonds. The first-order valence-corrected chi connectivity index (χ1v) is 8.80. The van der Waals surface area contributed by atoms with Crippen molar-refractivity contribution in [1.29, 1.82) is 0 Å². The van der Waals surface area contributed by atoms with Gasteiger partial charge in [0.05, 0.1) is 11.7 Å². The van der Waals surface area contributed by atoms with Gasteiger partial charge in [0.1, 0.15) is 5.82 Å². The summed E-state index contributed by atoms with van der Waals surface area (Å²) in [5, 5.41) is 13.1. The van der Waals surface area contributed by atoms with Crippen LogP contribution in [-0.2, 0) is 0 Å². The third-order valence-electron chi connectivity index (χ3n) is 5.14. The standard InChI is InChI=1S/C21H21N3O2/c22-20(26)18-6-3-10-23-21(18)24-11-9-17(19(25)13-24)16-8-7-14-4-1-2-5-15(14)12-16/h1-8,10,12,17,19,25H,9,11,13H2,(H2,22,26)/t17-,19+/m0/s1. The third-order valence-corrected chi connectivity index (χ3v) is 5.14. The molecule has 1 fully saturated rings. The molecule has 3 aromatic rings. The summed E-state index contributed by atoms with van der Waals surface area (Å²) in [6.45, 7) is 1.14. The minimum absolute atomic E-state index is 0.0663. The number of hydrogen-bond acceptors (Lipinski definition) is 4. The summed E-state index contributed by atoms with van der Waals surface area (Å²) < 4.78 is 0. The van der Waals surface area contributed by atoms with Crippen LogP contribution in [-0.4, -0.2) is 35.2 Å². The predicted molar refractivity (Wildman–Crippen MR) is 102 cm³/mol. The SMILES string of the molecule is NC(=O)c1cccnc1N1CC[C@@H](c2ccc3ccccc3c2)[C@H](O)C1. The van der Waals surface area contributed by atoms with E-state index in [2.05, 4.69) is 35.3 Å². The Morgan fingerprint density at radius 2 is 1.92 bits per heavy atom. The van der Waals surface area contributed by atoms with Crippen LogP contribution in [0, 0.1) is 0 Å². The monoisotopic (exact) mass is 347 g/mol. The Balaban J connectivity index is 1.58. The first-order chi connectivity index (χ1) is 12.6. The van der Waals surface area contributed by atoms with Crippen molar-refractivity contribution in [2.24, 2.45) is 5.73 Å². The van der Waals surface area contributed by atoms with Gasteiger partial charge >= 0.3 is 0 Å². The molecule has 26 heavy (non-hydrogen) atoms. The van der Waals surface area contributed by atoms with Gasteiger partial charge < -0.3 is 15.7 Å². The molecular weight excluding hydrogens is 326 g/mol. The van der Waals surface area contributed by atoms with Crippen molar-refractivity contribution in [1.82, 2.24) is 4.98 Å². The van der Waals surface area contributed by atoms with Gasteiger partial charge in [-0.2, -0.15) is 0 Å². The number of benzene rings is 2. The quantitative estimate of drug-likeness (QED) is 0.763. The van der Waals surface area contributed by atoms with Crippen LogP contribution in [0.3, 0.4) is 0 Å². The Morgan fingerprint density at radius 3 is 2.69 bits per heavy atom. The maximum absolute atomic E-state index is 11.6. The van der Waals surface area contributed by atoms with E-state index >= 15 is 0 Å². The largest absolute Gasteiger partial charge is 0.391 e. The van der Waals surface area contributed by atoms with Gasteiger partial charge in [0, 0.05) is 25.2 Å². The molecule has 0 spiro atoms. The lowest BCUT2D eigenvalue weighted by atomic mass is 9.86. The van der Waals surface area contributed by atoms with E-state index in [1.54, 1.807) is 18.3 Å². The normalized spacial score (nSPS) is 20.3. The highest BCUT2D eigenvalue weighted by atomic mass is 16.3. The maximum atomic E-state index is 11.6. The number of aliphatic hydroxyl groups excluding tert-OH is 1. The van der Waals surface area contributed by atoms with Crippen molar-refractivity contribution in [2.75, 3.05) is 18.0 Å². The smallest absolute Gasteiger partial charge is 0.252 e. The molecule has 4 rings (SSSR count). The highest BCUT2D eigenvalue weighted by Crippen LogP contribution is 2.32. The molecule has 3 N–H and O–H groups in total. The Morgan fingerprint density at radius 1 is 1.12 bits per heavy atom. The Hall–Kier alpha value is -2.92. The zero-order chi connectivity index (χ0) is 18.1. The molecule has 0 saturated carbocycles. The second-order valence-electron chi connectivity index (χ2n) is 6.75. The Labute approximate surface area is 152 Å². The summed E-state index contributed by atoms with van der Waals surface area (Å²) in [4.78, 5) is 17.9. The van der Waals surface area contributed by atoms with Crippen LogP contribution in [0.25, 0.3) is 10.8 Å². The molecule has 0 bridgehead atoms. The Kier molecular flexibility index (Phi) is 4.31. The molecule has 1 saturated heterocycles. The molecule has 1 aliphatic rings. The number of anilines is 1. The minimum atomic E-state index is -0.535. The topological polar surface area (TPSA) is 79.5 Å². The van der Waals surface area contributed by atoms with Gasteiger partial charge in [-0.25, -0.2) is 4.98 Å². The first-order valence-electron chi connectivity index (χ1n) is 8.80. The fourth-order valence-electron chi connectivity index (χ4n) is 3.79. The third kappa shape index (κ3) is 3.02. The fourth-order valence-corrected chi connectivity index (χ4v) is 3.79. The number of amides is 1.